The molecule has 0 bridgehead atoms. The first-order valence-corrected chi connectivity index (χ1v) is 5.48. The van der Waals surface area contributed by atoms with Gasteiger partial charge in [0, 0.05) is 26.7 Å². The Kier molecular flexibility index (Phi) is 4.11. The van der Waals surface area contributed by atoms with Crippen molar-refractivity contribution < 1.29 is 9.53 Å². The van der Waals surface area contributed by atoms with Gasteiger partial charge in [0.25, 0.3) is 0 Å². The van der Waals surface area contributed by atoms with Crippen molar-refractivity contribution in [3.63, 3.8) is 0 Å². The first-order valence-electron chi connectivity index (χ1n) is 5.48. The Hall–Kier alpha value is -0.610. The van der Waals surface area contributed by atoms with Crippen LogP contribution in [0.2, 0.25) is 0 Å². The van der Waals surface area contributed by atoms with Crippen molar-refractivity contribution in [3.05, 3.63) is 0 Å². The molecule has 0 aromatic heterocycles. The lowest BCUT2D eigenvalue weighted by Gasteiger charge is -2.36. The largest absolute Gasteiger partial charge is 0.375 e. The highest BCUT2D eigenvalue weighted by molar-refractivity contribution is 5.77. The third kappa shape index (κ3) is 4.18. The molecule has 4 nitrogen and oxygen atoms in total. The Morgan fingerprint density at radius 2 is 2.20 bits per heavy atom. The van der Waals surface area contributed by atoms with E-state index in [4.69, 9.17) is 4.74 Å². The Balaban J connectivity index is 2.30. The molecule has 15 heavy (non-hydrogen) atoms. The van der Waals surface area contributed by atoms with E-state index < -0.39 is 0 Å². The number of rotatable bonds is 3. The standard InChI is InChI=1S/C11H22N2O2/c1-11(2)7-9(5-6-15-11)12-8-10(14)13(3)4/h9,12H,5-8H2,1-4H3. The summed E-state index contributed by atoms with van der Waals surface area (Å²) in [5.74, 6) is 0.124. The van der Waals surface area contributed by atoms with Crippen LogP contribution in [0.1, 0.15) is 26.7 Å². The van der Waals surface area contributed by atoms with Crippen LogP contribution in [0.5, 0.6) is 0 Å². The minimum absolute atomic E-state index is 0.0585. The molecule has 0 aromatic carbocycles. The summed E-state index contributed by atoms with van der Waals surface area (Å²) in [6.07, 6.45) is 1.96. The molecule has 1 rings (SSSR count). The van der Waals surface area contributed by atoms with Crippen LogP contribution in [0.3, 0.4) is 0 Å². The highest BCUT2D eigenvalue weighted by Crippen LogP contribution is 2.23. The van der Waals surface area contributed by atoms with Crippen LogP contribution in [-0.4, -0.2) is 49.7 Å². The van der Waals surface area contributed by atoms with E-state index in [9.17, 15) is 4.79 Å². The van der Waals surface area contributed by atoms with Crippen molar-refractivity contribution in [2.24, 2.45) is 0 Å². The van der Waals surface area contributed by atoms with Crippen molar-refractivity contribution in [2.75, 3.05) is 27.2 Å². The second kappa shape index (κ2) is 4.94. The normalized spacial score (nSPS) is 24.9. The topological polar surface area (TPSA) is 41.6 Å². The first-order chi connectivity index (χ1) is 6.91. The molecule has 1 saturated heterocycles. The van der Waals surface area contributed by atoms with E-state index >= 15 is 0 Å². The van der Waals surface area contributed by atoms with Crippen LogP contribution in [-0.2, 0) is 9.53 Å². The molecule has 1 fully saturated rings. The second-order valence-corrected chi connectivity index (χ2v) is 4.97. The van der Waals surface area contributed by atoms with Crippen molar-refractivity contribution in [3.8, 4) is 0 Å². The molecule has 1 aliphatic heterocycles. The van der Waals surface area contributed by atoms with Gasteiger partial charge in [0.1, 0.15) is 0 Å². The smallest absolute Gasteiger partial charge is 0.236 e. The van der Waals surface area contributed by atoms with E-state index in [2.05, 4.69) is 19.2 Å². The number of ether oxygens (including phenoxy) is 1. The number of hydrogen-bond acceptors (Lipinski definition) is 3. The summed E-state index contributed by atoms with van der Waals surface area (Å²) in [4.78, 5) is 13.0. The number of carbonyl (C=O) groups excluding carboxylic acids is 1. The summed E-state index contributed by atoms with van der Waals surface area (Å²) >= 11 is 0. The fourth-order valence-corrected chi connectivity index (χ4v) is 1.80. The molecule has 4 heteroatoms. The SMILES string of the molecule is CN(C)C(=O)CNC1CCOC(C)(C)C1. The van der Waals surface area contributed by atoms with Gasteiger partial charge in [-0.25, -0.2) is 0 Å². The maximum absolute atomic E-state index is 11.4. The lowest BCUT2D eigenvalue weighted by atomic mass is 9.94. The Morgan fingerprint density at radius 3 is 2.73 bits per heavy atom. The van der Waals surface area contributed by atoms with Gasteiger partial charge in [0.2, 0.25) is 5.91 Å². The molecule has 1 heterocycles. The van der Waals surface area contributed by atoms with Crippen molar-refractivity contribution in [1.29, 1.82) is 0 Å². The van der Waals surface area contributed by atoms with E-state index in [1.165, 1.54) is 0 Å². The third-order valence-corrected chi connectivity index (χ3v) is 2.74. The average molecular weight is 214 g/mol. The van der Waals surface area contributed by atoms with Gasteiger partial charge in [-0.05, 0) is 26.7 Å². The molecule has 0 spiro atoms. The summed E-state index contributed by atoms with van der Waals surface area (Å²) in [7, 11) is 3.55. The monoisotopic (exact) mass is 214 g/mol. The zero-order valence-corrected chi connectivity index (χ0v) is 10.2. The number of carbonyl (C=O) groups is 1. The molecule has 88 valence electrons. The number of nitrogens with zero attached hydrogens (tertiary/aromatic N) is 1. The summed E-state index contributed by atoms with van der Waals surface area (Å²) < 4.78 is 5.61. The van der Waals surface area contributed by atoms with E-state index in [0.29, 0.717) is 12.6 Å². The lowest BCUT2D eigenvalue weighted by molar-refractivity contribution is -0.128. The molecule has 1 amide bonds. The quantitative estimate of drug-likeness (QED) is 0.749. The van der Waals surface area contributed by atoms with Gasteiger partial charge in [0.05, 0.1) is 12.1 Å². The van der Waals surface area contributed by atoms with E-state index in [0.717, 1.165) is 19.4 Å². The Labute approximate surface area is 92.0 Å². The van der Waals surface area contributed by atoms with Crippen LogP contribution in [0.25, 0.3) is 0 Å². The zero-order valence-electron chi connectivity index (χ0n) is 10.2. The molecule has 1 unspecified atom stereocenters. The van der Waals surface area contributed by atoms with Crippen molar-refractivity contribution in [1.82, 2.24) is 10.2 Å². The highest BCUT2D eigenvalue weighted by Gasteiger charge is 2.28. The van der Waals surface area contributed by atoms with Crippen molar-refractivity contribution in [2.45, 2.75) is 38.3 Å². The van der Waals surface area contributed by atoms with Crippen LogP contribution in [0.15, 0.2) is 0 Å². The van der Waals surface area contributed by atoms with Crippen LogP contribution < -0.4 is 5.32 Å². The minimum atomic E-state index is -0.0585. The van der Waals surface area contributed by atoms with E-state index in [1.54, 1.807) is 19.0 Å². The maximum Gasteiger partial charge on any atom is 0.236 e. The summed E-state index contributed by atoms with van der Waals surface area (Å²) in [6.45, 7) is 5.39. The molecule has 0 saturated carbocycles. The number of likely N-dealkylation sites (N-methyl/N-ethyl adjacent to an activating group) is 1. The summed E-state index contributed by atoms with van der Waals surface area (Å²) in [5.41, 5.74) is -0.0585. The minimum Gasteiger partial charge on any atom is -0.375 e. The molecule has 0 radical (unpaired) electrons. The van der Waals surface area contributed by atoms with Crippen LogP contribution >= 0.6 is 0 Å². The predicted molar refractivity (Wildman–Crippen MR) is 59.7 cm³/mol. The van der Waals surface area contributed by atoms with Gasteiger partial charge in [-0.2, -0.15) is 0 Å². The van der Waals surface area contributed by atoms with Crippen molar-refractivity contribution >= 4 is 5.91 Å². The predicted octanol–water partition coefficient (Wildman–Crippen LogP) is 0.622. The van der Waals surface area contributed by atoms with Gasteiger partial charge in [-0.1, -0.05) is 0 Å². The number of amides is 1. The van der Waals surface area contributed by atoms with Crippen LogP contribution in [0.4, 0.5) is 0 Å². The van der Waals surface area contributed by atoms with Gasteiger partial charge >= 0.3 is 0 Å². The fourth-order valence-electron chi connectivity index (χ4n) is 1.80. The molecule has 0 aliphatic carbocycles. The molecule has 1 N–H and O–H groups in total. The molecular formula is C11H22N2O2. The van der Waals surface area contributed by atoms with Gasteiger partial charge in [0.15, 0.2) is 0 Å². The Bertz CT molecular complexity index is 227. The number of nitrogens with one attached hydrogen (secondary N) is 1. The molecule has 1 atom stereocenters. The van der Waals surface area contributed by atoms with Gasteiger partial charge < -0.3 is 15.0 Å². The maximum atomic E-state index is 11.4. The van der Waals surface area contributed by atoms with Crippen LogP contribution in [0, 0.1) is 0 Å². The number of hydrogen-bond donors (Lipinski definition) is 1. The van der Waals surface area contributed by atoms with E-state index in [1.807, 2.05) is 0 Å². The molecule has 0 aromatic rings. The average Bonchev–Trinajstić information content (AvgIpc) is 2.12. The molecular weight excluding hydrogens is 192 g/mol. The zero-order chi connectivity index (χ0) is 11.5. The van der Waals surface area contributed by atoms with Gasteiger partial charge in [-0.3, -0.25) is 4.79 Å². The van der Waals surface area contributed by atoms with Gasteiger partial charge in [-0.15, -0.1) is 0 Å². The highest BCUT2D eigenvalue weighted by atomic mass is 16.5. The van der Waals surface area contributed by atoms with E-state index in [-0.39, 0.29) is 11.5 Å². The second-order valence-electron chi connectivity index (χ2n) is 4.97. The molecule has 1 aliphatic rings. The lowest BCUT2D eigenvalue weighted by Crippen LogP contribution is -2.46. The fraction of sp³-hybridized carbons (Fsp3) is 0.909. The summed E-state index contributed by atoms with van der Waals surface area (Å²) in [6, 6.07) is 0.401. The summed E-state index contributed by atoms with van der Waals surface area (Å²) in [5, 5.41) is 3.29. The Morgan fingerprint density at radius 1 is 1.53 bits per heavy atom. The third-order valence-electron chi connectivity index (χ3n) is 2.74. The first kappa shape index (κ1) is 12.5.